The van der Waals surface area contributed by atoms with Gasteiger partial charge in [-0.15, -0.1) is 10.2 Å². The quantitative estimate of drug-likeness (QED) is 0.229. The minimum Gasteiger partial charge on any atom is -0.474 e. The number of anilines is 1. The van der Waals surface area contributed by atoms with Gasteiger partial charge >= 0.3 is 18.4 Å². The van der Waals surface area contributed by atoms with E-state index in [0.29, 0.717) is 11.6 Å². The highest BCUT2D eigenvalue weighted by Crippen LogP contribution is 2.47. The number of hydrogen-bond acceptors (Lipinski definition) is 8. The van der Waals surface area contributed by atoms with E-state index in [0.717, 1.165) is 0 Å². The highest BCUT2D eigenvalue weighted by molar-refractivity contribution is 5.89. The summed E-state index contributed by atoms with van der Waals surface area (Å²) in [6.45, 7) is 5.58. The van der Waals surface area contributed by atoms with Crippen molar-refractivity contribution in [3.63, 3.8) is 0 Å². The predicted molar refractivity (Wildman–Crippen MR) is 144 cm³/mol. The van der Waals surface area contributed by atoms with Crippen LogP contribution in [-0.2, 0) is 27.9 Å². The molecule has 1 aliphatic rings. The molecule has 0 aliphatic carbocycles. The number of halogens is 6. The molecule has 4 bridgehead atoms. The molecule has 0 saturated heterocycles. The molecule has 4 rings (SSSR count). The number of nitrogens with zero attached hydrogens (tertiary/aromatic N) is 3. The first-order valence-electron chi connectivity index (χ1n) is 13.5. The SMILES string of the molecule is CC1C/C=C\CCC(OCc2ccccc2)(C(F)(F)F)c2nnc(o2)-c2nc(c(C(F)(F)F)cc2NC(=O)OC(C)(C)C)O1. The monoisotopic (exact) mass is 628 g/mol. The van der Waals surface area contributed by atoms with Crippen LogP contribution in [0.3, 0.4) is 0 Å². The molecule has 2 unspecified atom stereocenters. The van der Waals surface area contributed by atoms with Gasteiger partial charge in [0, 0.05) is 6.42 Å². The summed E-state index contributed by atoms with van der Waals surface area (Å²) in [5, 5.41) is 9.48. The maximum Gasteiger partial charge on any atom is 0.426 e. The van der Waals surface area contributed by atoms with Gasteiger partial charge in [-0.25, -0.2) is 9.78 Å². The molecule has 1 N–H and O–H groups in total. The van der Waals surface area contributed by atoms with Crippen LogP contribution in [0.2, 0.25) is 0 Å². The van der Waals surface area contributed by atoms with Gasteiger partial charge in [0.25, 0.3) is 11.8 Å². The number of carbonyl (C=O) groups excluding carboxylic acids is 1. The van der Waals surface area contributed by atoms with Crippen LogP contribution in [0.15, 0.2) is 53.0 Å². The van der Waals surface area contributed by atoms with E-state index < -0.39 is 83.4 Å². The molecule has 15 heteroatoms. The number of amides is 1. The van der Waals surface area contributed by atoms with Crippen molar-refractivity contribution < 1.29 is 49.8 Å². The Hall–Kier alpha value is -4.14. The second kappa shape index (κ2) is 12.5. The van der Waals surface area contributed by atoms with E-state index in [2.05, 4.69) is 20.5 Å². The number of allylic oxidation sites excluding steroid dienone is 1. The van der Waals surface area contributed by atoms with E-state index in [4.69, 9.17) is 18.6 Å². The zero-order valence-electron chi connectivity index (χ0n) is 24.2. The third-order valence-electron chi connectivity index (χ3n) is 6.30. The van der Waals surface area contributed by atoms with Gasteiger partial charge in [0.15, 0.2) is 5.69 Å². The Balaban J connectivity index is 1.90. The fraction of sp³-hybridized carbons (Fsp3) is 0.448. The first kappa shape index (κ1) is 32.8. The van der Waals surface area contributed by atoms with E-state index >= 15 is 0 Å². The van der Waals surface area contributed by atoms with Gasteiger partial charge < -0.3 is 18.6 Å². The van der Waals surface area contributed by atoms with Crippen LogP contribution in [0, 0.1) is 0 Å². The topological polar surface area (TPSA) is 109 Å². The Labute approximate surface area is 248 Å². The second-order valence-corrected chi connectivity index (χ2v) is 11.0. The van der Waals surface area contributed by atoms with Crippen molar-refractivity contribution in [3.05, 3.63) is 65.6 Å². The third kappa shape index (κ3) is 7.68. The molecule has 1 aliphatic heterocycles. The number of nitrogens with one attached hydrogen (secondary N) is 1. The van der Waals surface area contributed by atoms with E-state index in [-0.39, 0.29) is 12.8 Å². The minimum atomic E-state index is -5.07. The molecule has 238 valence electrons. The Morgan fingerprint density at radius 3 is 2.41 bits per heavy atom. The molecule has 0 saturated carbocycles. The number of alkyl halides is 6. The van der Waals surface area contributed by atoms with E-state index in [9.17, 15) is 31.1 Å². The molecule has 44 heavy (non-hydrogen) atoms. The van der Waals surface area contributed by atoms with Crippen molar-refractivity contribution in [1.29, 1.82) is 0 Å². The number of hydrogen-bond donors (Lipinski definition) is 1. The Kier molecular flexibility index (Phi) is 9.28. The van der Waals surface area contributed by atoms with Crippen molar-refractivity contribution in [2.24, 2.45) is 0 Å². The molecular formula is C29H30F6N4O5. The fourth-order valence-corrected chi connectivity index (χ4v) is 4.24. The number of ether oxygens (including phenoxy) is 3. The van der Waals surface area contributed by atoms with E-state index in [1.807, 2.05) is 0 Å². The lowest BCUT2D eigenvalue weighted by atomic mass is 9.95. The smallest absolute Gasteiger partial charge is 0.426 e. The van der Waals surface area contributed by atoms with Gasteiger partial charge in [0.2, 0.25) is 11.5 Å². The molecule has 0 radical (unpaired) electrons. The highest BCUT2D eigenvalue weighted by Gasteiger charge is 2.61. The zero-order chi connectivity index (χ0) is 32.3. The molecule has 0 fully saturated rings. The number of rotatable bonds is 4. The van der Waals surface area contributed by atoms with Gasteiger partial charge in [0.05, 0.1) is 12.3 Å². The largest absolute Gasteiger partial charge is 0.474 e. The number of aromatic nitrogens is 3. The summed E-state index contributed by atoms with van der Waals surface area (Å²) in [7, 11) is 0. The maximum absolute atomic E-state index is 14.9. The fourth-order valence-electron chi connectivity index (χ4n) is 4.24. The van der Waals surface area contributed by atoms with Crippen molar-refractivity contribution >= 4 is 11.8 Å². The van der Waals surface area contributed by atoms with Crippen molar-refractivity contribution in [3.8, 4) is 17.5 Å². The van der Waals surface area contributed by atoms with Crippen molar-refractivity contribution in [1.82, 2.24) is 15.2 Å². The van der Waals surface area contributed by atoms with Gasteiger partial charge in [-0.05, 0) is 52.2 Å². The minimum absolute atomic E-state index is 0.0501. The normalized spacial score (nSPS) is 20.3. The summed E-state index contributed by atoms with van der Waals surface area (Å²) in [5.74, 6) is -2.62. The third-order valence-corrected chi connectivity index (χ3v) is 6.30. The standard InChI is InChI=1S/C29H30F6N4O5/c1-17-11-7-6-10-14-27(29(33,34)35,41-16-18-12-8-5-9-13-18)24-39-38-23(43-24)21-20(36-25(40)44-26(2,3)4)15-19(28(30,31)32)22(37-21)42-17/h5-9,12-13,15,17H,10-11,14,16H2,1-4H3,(H,36,40)/b7-6-. The number of benzene rings is 1. The summed E-state index contributed by atoms with van der Waals surface area (Å²) < 4.78 is 109. The first-order valence-corrected chi connectivity index (χ1v) is 13.5. The number of pyridine rings is 1. The van der Waals surface area contributed by atoms with E-state index in [1.54, 1.807) is 30.3 Å². The average Bonchev–Trinajstić information content (AvgIpc) is 3.39. The van der Waals surface area contributed by atoms with Gasteiger partial charge in [-0.2, -0.15) is 26.3 Å². The maximum atomic E-state index is 14.9. The number of fused-ring (bicyclic) bond motifs is 5. The molecule has 3 heterocycles. The van der Waals surface area contributed by atoms with Crippen LogP contribution in [0.25, 0.3) is 11.6 Å². The van der Waals surface area contributed by atoms with Crippen LogP contribution in [-0.4, -0.2) is 39.2 Å². The number of carbonyl (C=O) groups is 1. The molecular weight excluding hydrogens is 598 g/mol. The summed E-state index contributed by atoms with van der Waals surface area (Å²) >= 11 is 0. The second-order valence-electron chi connectivity index (χ2n) is 11.0. The zero-order valence-corrected chi connectivity index (χ0v) is 24.2. The highest BCUT2D eigenvalue weighted by atomic mass is 19.4. The Bertz CT molecular complexity index is 1480. The first-order chi connectivity index (χ1) is 20.5. The van der Waals surface area contributed by atoms with Crippen LogP contribution in [0.1, 0.15) is 64.0 Å². The Morgan fingerprint density at radius 1 is 1.07 bits per heavy atom. The molecule has 2 atom stereocenters. The predicted octanol–water partition coefficient (Wildman–Crippen LogP) is 7.98. The van der Waals surface area contributed by atoms with Crippen LogP contribution in [0.4, 0.5) is 36.8 Å². The molecule has 1 aromatic carbocycles. The molecule has 3 aromatic rings. The molecule has 9 nitrogen and oxygen atoms in total. The summed E-state index contributed by atoms with van der Waals surface area (Å²) in [6.07, 6.45) is -9.95. The van der Waals surface area contributed by atoms with Crippen LogP contribution in [0.5, 0.6) is 5.88 Å². The van der Waals surface area contributed by atoms with Gasteiger partial charge in [-0.3, -0.25) is 5.32 Å². The lowest BCUT2D eigenvalue weighted by Crippen LogP contribution is -2.45. The lowest BCUT2D eigenvalue weighted by Gasteiger charge is -2.32. The summed E-state index contributed by atoms with van der Waals surface area (Å²) in [5.41, 5.74) is -6.24. The van der Waals surface area contributed by atoms with Crippen LogP contribution >= 0.6 is 0 Å². The molecule has 2 aromatic heterocycles. The van der Waals surface area contributed by atoms with Crippen LogP contribution < -0.4 is 10.1 Å². The van der Waals surface area contributed by atoms with Crippen molar-refractivity contribution in [2.45, 2.75) is 83.2 Å². The van der Waals surface area contributed by atoms with Gasteiger partial charge in [-0.1, -0.05) is 42.5 Å². The molecule has 1 amide bonds. The lowest BCUT2D eigenvalue weighted by molar-refractivity contribution is -0.299. The summed E-state index contributed by atoms with van der Waals surface area (Å²) in [4.78, 5) is 16.5. The molecule has 0 spiro atoms. The summed E-state index contributed by atoms with van der Waals surface area (Å²) in [6, 6.07) is 8.64. The van der Waals surface area contributed by atoms with Crippen molar-refractivity contribution in [2.75, 3.05) is 5.32 Å². The van der Waals surface area contributed by atoms with Gasteiger partial charge in [0.1, 0.15) is 17.3 Å². The van der Waals surface area contributed by atoms with E-state index in [1.165, 1.54) is 39.8 Å². The Morgan fingerprint density at radius 2 is 1.77 bits per heavy atom. The average molecular weight is 629 g/mol.